The molecule has 0 aliphatic heterocycles. The van der Waals surface area contributed by atoms with Crippen molar-refractivity contribution in [2.75, 3.05) is 13.7 Å². The number of sulfonamides is 1. The van der Waals surface area contributed by atoms with Gasteiger partial charge in [0.05, 0.1) is 24.2 Å². The number of methoxy groups -OCH3 is 1. The second-order valence-electron chi connectivity index (χ2n) is 5.72. The van der Waals surface area contributed by atoms with Gasteiger partial charge >= 0.3 is 0 Å². The highest BCUT2D eigenvalue weighted by atomic mass is 32.2. The highest BCUT2D eigenvalue weighted by Gasteiger charge is 2.12. The van der Waals surface area contributed by atoms with Crippen LogP contribution in [0, 0.1) is 0 Å². The molecule has 27 heavy (non-hydrogen) atoms. The Morgan fingerprint density at radius 1 is 1.00 bits per heavy atom. The minimum Gasteiger partial charge on any atom is -0.497 e. The van der Waals surface area contributed by atoms with Crippen LogP contribution >= 0.6 is 0 Å². The second kappa shape index (κ2) is 8.15. The van der Waals surface area contributed by atoms with Crippen molar-refractivity contribution in [3.63, 3.8) is 0 Å². The Labute approximate surface area is 157 Å². The molecule has 0 fully saturated rings. The third-order valence-electron chi connectivity index (χ3n) is 3.92. The first kappa shape index (κ1) is 18.8. The number of benzene rings is 2. The fourth-order valence-corrected chi connectivity index (χ4v) is 3.54. The minimum atomic E-state index is -3.62. The number of rotatable bonds is 7. The summed E-state index contributed by atoms with van der Waals surface area (Å²) in [6, 6.07) is 18.4. The van der Waals surface area contributed by atoms with Gasteiger partial charge in [-0.2, -0.15) is 5.10 Å². The molecule has 0 unspecified atom stereocenters. The zero-order chi connectivity index (χ0) is 19.3. The lowest BCUT2D eigenvalue weighted by molar-refractivity contribution is 0.415. The third-order valence-corrected chi connectivity index (χ3v) is 5.40. The van der Waals surface area contributed by atoms with Crippen LogP contribution in [0.3, 0.4) is 0 Å². The lowest BCUT2D eigenvalue weighted by Gasteiger charge is -2.09. The maximum Gasteiger partial charge on any atom is 0.266 e. The SMILES string of the molecule is COc1ccc(-c2ccc(=O)n(CCNS(=O)(=O)c3ccccc3)n2)cc1. The maximum atomic E-state index is 12.2. The molecule has 0 bridgehead atoms. The van der Waals surface area contributed by atoms with Gasteiger partial charge in [-0.1, -0.05) is 18.2 Å². The van der Waals surface area contributed by atoms with Gasteiger partial charge in [0.2, 0.25) is 10.0 Å². The molecule has 3 aromatic rings. The zero-order valence-electron chi connectivity index (χ0n) is 14.7. The van der Waals surface area contributed by atoms with Gasteiger partial charge in [0.15, 0.2) is 0 Å². The van der Waals surface area contributed by atoms with Gasteiger partial charge in [-0.05, 0) is 42.5 Å². The molecule has 0 atom stereocenters. The smallest absolute Gasteiger partial charge is 0.266 e. The van der Waals surface area contributed by atoms with E-state index in [-0.39, 0.29) is 23.5 Å². The van der Waals surface area contributed by atoms with E-state index in [1.54, 1.807) is 43.5 Å². The fraction of sp³-hybridized carbons (Fsp3) is 0.158. The summed E-state index contributed by atoms with van der Waals surface area (Å²) in [6.07, 6.45) is 0. The predicted octanol–water partition coefficient (Wildman–Crippen LogP) is 1.90. The lowest BCUT2D eigenvalue weighted by atomic mass is 10.1. The number of hydrogen-bond acceptors (Lipinski definition) is 5. The monoisotopic (exact) mass is 385 g/mol. The molecule has 0 saturated heterocycles. The molecule has 1 aromatic heterocycles. The average molecular weight is 385 g/mol. The quantitative estimate of drug-likeness (QED) is 0.671. The average Bonchev–Trinajstić information content (AvgIpc) is 2.70. The van der Waals surface area contributed by atoms with Crippen LogP contribution in [0.5, 0.6) is 5.75 Å². The van der Waals surface area contributed by atoms with E-state index in [4.69, 9.17) is 4.74 Å². The topological polar surface area (TPSA) is 90.3 Å². The highest BCUT2D eigenvalue weighted by Crippen LogP contribution is 2.19. The first-order chi connectivity index (χ1) is 13.0. The fourth-order valence-electron chi connectivity index (χ4n) is 2.49. The standard InChI is InChI=1S/C19H19N3O4S/c1-26-16-9-7-15(8-10-16)18-11-12-19(23)22(21-18)14-13-20-27(24,25)17-5-3-2-4-6-17/h2-12,20H,13-14H2,1H3. The van der Waals surface area contributed by atoms with Crippen LogP contribution in [-0.4, -0.2) is 31.9 Å². The Morgan fingerprint density at radius 2 is 1.70 bits per heavy atom. The van der Waals surface area contributed by atoms with Crippen LogP contribution < -0.4 is 15.0 Å². The molecule has 3 rings (SSSR count). The Morgan fingerprint density at radius 3 is 2.37 bits per heavy atom. The van der Waals surface area contributed by atoms with Crippen LogP contribution in [0.4, 0.5) is 0 Å². The zero-order valence-corrected chi connectivity index (χ0v) is 15.5. The summed E-state index contributed by atoms with van der Waals surface area (Å²) in [7, 11) is -2.03. The normalized spacial score (nSPS) is 11.3. The van der Waals surface area contributed by atoms with Crippen LogP contribution in [-0.2, 0) is 16.6 Å². The molecule has 0 radical (unpaired) electrons. The van der Waals surface area contributed by atoms with Crippen molar-refractivity contribution in [3.05, 3.63) is 77.1 Å². The van der Waals surface area contributed by atoms with Crippen molar-refractivity contribution in [3.8, 4) is 17.0 Å². The van der Waals surface area contributed by atoms with Gasteiger partial charge in [-0.3, -0.25) is 4.79 Å². The van der Waals surface area contributed by atoms with Gasteiger partial charge < -0.3 is 4.74 Å². The largest absolute Gasteiger partial charge is 0.497 e. The second-order valence-corrected chi connectivity index (χ2v) is 7.49. The molecule has 8 heteroatoms. The Bertz CT molecular complexity index is 1060. The van der Waals surface area contributed by atoms with Crippen molar-refractivity contribution in [1.29, 1.82) is 0 Å². The first-order valence-electron chi connectivity index (χ1n) is 8.27. The van der Waals surface area contributed by atoms with E-state index in [1.165, 1.54) is 22.9 Å². The van der Waals surface area contributed by atoms with E-state index in [1.807, 2.05) is 12.1 Å². The summed E-state index contributed by atoms with van der Waals surface area (Å²) < 4.78 is 33.3. The first-order valence-corrected chi connectivity index (χ1v) is 9.75. The van der Waals surface area contributed by atoms with Crippen LogP contribution in [0.25, 0.3) is 11.3 Å². The third kappa shape index (κ3) is 4.60. The van der Waals surface area contributed by atoms with E-state index in [0.717, 1.165) is 11.3 Å². The van der Waals surface area contributed by atoms with E-state index >= 15 is 0 Å². The van der Waals surface area contributed by atoms with Crippen molar-refractivity contribution < 1.29 is 13.2 Å². The molecule has 1 heterocycles. The molecule has 2 aromatic carbocycles. The van der Waals surface area contributed by atoms with Crippen LogP contribution in [0.15, 0.2) is 76.4 Å². The predicted molar refractivity (Wildman–Crippen MR) is 102 cm³/mol. The number of nitrogens with zero attached hydrogens (tertiary/aromatic N) is 2. The molecule has 0 aliphatic rings. The number of aromatic nitrogens is 2. The van der Waals surface area contributed by atoms with Gasteiger partial charge in [-0.15, -0.1) is 0 Å². The van der Waals surface area contributed by atoms with Crippen molar-refractivity contribution in [1.82, 2.24) is 14.5 Å². The minimum absolute atomic E-state index is 0.0518. The van der Waals surface area contributed by atoms with Crippen LogP contribution in [0.1, 0.15) is 0 Å². The number of hydrogen-bond donors (Lipinski definition) is 1. The molecule has 0 spiro atoms. The van der Waals surface area contributed by atoms with Gasteiger partial charge in [0.25, 0.3) is 5.56 Å². The summed E-state index contributed by atoms with van der Waals surface area (Å²) in [5.41, 5.74) is 1.14. The van der Waals surface area contributed by atoms with E-state index in [2.05, 4.69) is 9.82 Å². The Hall–Kier alpha value is -2.97. The molecule has 140 valence electrons. The molecule has 1 N–H and O–H groups in total. The summed E-state index contributed by atoms with van der Waals surface area (Å²) in [6.45, 7) is 0.172. The van der Waals surface area contributed by atoms with Gasteiger partial charge in [0, 0.05) is 18.2 Å². The summed E-state index contributed by atoms with van der Waals surface area (Å²) in [4.78, 5) is 12.2. The molecular weight excluding hydrogens is 366 g/mol. The molecule has 0 saturated carbocycles. The Balaban J connectivity index is 1.72. The molecule has 7 nitrogen and oxygen atoms in total. The molecule has 0 amide bonds. The van der Waals surface area contributed by atoms with Gasteiger partial charge in [-0.25, -0.2) is 17.8 Å². The maximum absolute atomic E-state index is 12.2. The van der Waals surface area contributed by atoms with Crippen molar-refractivity contribution in [2.45, 2.75) is 11.4 Å². The number of nitrogens with one attached hydrogen (secondary N) is 1. The molecular formula is C19H19N3O4S. The van der Waals surface area contributed by atoms with Crippen molar-refractivity contribution in [2.24, 2.45) is 0 Å². The molecule has 0 aliphatic carbocycles. The summed E-state index contributed by atoms with van der Waals surface area (Å²) >= 11 is 0. The summed E-state index contributed by atoms with van der Waals surface area (Å²) in [5.74, 6) is 0.724. The van der Waals surface area contributed by atoms with Gasteiger partial charge in [0.1, 0.15) is 5.75 Å². The lowest BCUT2D eigenvalue weighted by Crippen LogP contribution is -2.32. The van der Waals surface area contributed by atoms with Crippen LogP contribution in [0.2, 0.25) is 0 Å². The van der Waals surface area contributed by atoms with Crippen molar-refractivity contribution >= 4 is 10.0 Å². The van der Waals surface area contributed by atoms with E-state index < -0.39 is 10.0 Å². The van der Waals surface area contributed by atoms with E-state index in [0.29, 0.717) is 5.69 Å². The number of ether oxygens (including phenoxy) is 1. The Kier molecular flexibility index (Phi) is 5.68. The summed E-state index contributed by atoms with van der Waals surface area (Å²) in [5, 5.41) is 4.32. The highest BCUT2D eigenvalue weighted by molar-refractivity contribution is 7.89. The van der Waals surface area contributed by atoms with E-state index in [9.17, 15) is 13.2 Å².